The number of amides is 1. The van der Waals surface area contributed by atoms with Crippen LogP contribution in [0.25, 0.3) is 0 Å². The zero-order valence-electron chi connectivity index (χ0n) is 10.8. The van der Waals surface area contributed by atoms with Crippen LogP contribution in [0.15, 0.2) is 28.7 Å². The Morgan fingerprint density at radius 3 is 2.29 bits per heavy atom. The molecule has 7 heteroatoms. The van der Waals surface area contributed by atoms with Crippen molar-refractivity contribution in [2.45, 2.75) is 6.92 Å². The van der Waals surface area contributed by atoms with E-state index in [0.717, 1.165) is 0 Å². The second kappa shape index (κ2) is 6.44. The number of nitrogen functional groups attached to an aromatic ring is 1. The Balaban J connectivity index is 2.40. The second-order valence-electron chi connectivity index (χ2n) is 4.37. The van der Waals surface area contributed by atoms with E-state index < -0.39 is 0 Å². The number of carbonyl (C=O) groups excluding carboxylic acids is 1. The fraction of sp³-hybridized carbons (Fsp3) is 0.0714. The third-order valence-corrected chi connectivity index (χ3v) is 4.17. The van der Waals surface area contributed by atoms with Crippen molar-refractivity contribution in [1.82, 2.24) is 0 Å². The lowest BCUT2D eigenvalue weighted by molar-refractivity contribution is 0.102. The molecule has 0 spiro atoms. The maximum atomic E-state index is 12.4. The topological polar surface area (TPSA) is 55.1 Å². The molecule has 3 N–H and O–H groups in total. The van der Waals surface area contributed by atoms with Crippen LogP contribution in [-0.2, 0) is 0 Å². The van der Waals surface area contributed by atoms with Gasteiger partial charge in [-0.05, 0) is 36.8 Å². The third-order valence-electron chi connectivity index (χ3n) is 2.90. The van der Waals surface area contributed by atoms with Crippen molar-refractivity contribution >= 4 is 68.0 Å². The molecule has 3 nitrogen and oxygen atoms in total. The van der Waals surface area contributed by atoms with Crippen molar-refractivity contribution in [3.63, 3.8) is 0 Å². The number of halogens is 4. The number of rotatable bonds is 2. The summed E-state index contributed by atoms with van der Waals surface area (Å²) in [6.07, 6.45) is 0. The van der Waals surface area contributed by atoms with Crippen LogP contribution in [0.1, 0.15) is 15.9 Å². The summed E-state index contributed by atoms with van der Waals surface area (Å²) in [6.45, 7) is 1.77. The van der Waals surface area contributed by atoms with Gasteiger partial charge in [0.15, 0.2) is 0 Å². The number of nitrogens with one attached hydrogen (secondary N) is 1. The summed E-state index contributed by atoms with van der Waals surface area (Å²) in [5.41, 5.74) is 7.79. The van der Waals surface area contributed by atoms with Crippen LogP contribution in [0.5, 0.6) is 0 Å². The standard InChI is InChI=1S/C14H10BrCl3N2O/c1-6-9(2-7(15)3-12(6)19)14(21)20-13-10(17)4-8(16)5-11(13)18/h2-5H,19H2,1H3,(H,20,21). The van der Waals surface area contributed by atoms with Gasteiger partial charge in [0.25, 0.3) is 5.91 Å². The molecule has 0 saturated carbocycles. The number of nitrogens with two attached hydrogens (primary N) is 1. The molecule has 0 aliphatic carbocycles. The van der Waals surface area contributed by atoms with Gasteiger partial charge in [-0.3, -0.25) is 4.79 Å². The van der Waals surface area contributed by atoms with E-state index in [4.69, 9.17) is 40.5 Å². The monoisotopic (exact) mass is 406 g/mol. The predicted molar refractivity (Wildman–Crippen MR) is 92.7 cm³/mol. The molecule has 0 aromatic heterocycles. The van der Waals surface area contributed by atoms with Gasteiger partial charge in [-0.1, -0.05) is 50.7 Å². The Morgan fingerprint density at radius 2 is 1.71 bits per heavy atom. The summed E-state index contributed by atoms with van der Waals surface area (Å²) in [5.74, 6) is -0.355. The molecule has 0 saturated heterocycles. The Hall–Kier alpha value is -0.940. The van der Waals surface area contributed by atoms with E-state index in [1.807, 2.05) is 0 Å². The Bertz CT molecular complexity index is 711. The van der Waals surface area contributed by atoms with Gasteiger partial charge in [-0.25, -0.2) is 0 Å². The first-order valence-electron chi connectivity index (χ1n) is 5.81. The Morgan fingerprint density at radius 1 is 1.14 bits per heavy atom. The van der Waals surface area contributed by atoms with Crippen molar-refractivity contribution < 1.29 is 4.79 Å². The third kappa shape index (κ3) is 3.64. The molecule has 2 rings (SSSR count). The van der Waals surface area contributed by atoms with Crippen molar-refractivity contribution in [1.29, 1.82) is 0 Å². The first-order chi connectivity index (χ1) is 9.79. The van der Waals surface area contributed by atoms with E-state index >= 15 is 0 Å². The van der Waals surface area contributed by atoms with E-state index in [-0.39, 0.29) is 16.0 Å². The van der Waals surface area contributed by atoms with E-state index in [1.165, 1.54) is 12.1 Å². The number of carbonyl (C=O) groups is 1. The lowest BCUT2D eigenvalue weighted by Crippen LogP contribution is -2.15. The molecule has 0 heterocycles. The summed E-state index contributed by atoms with van der Waals surface area (Å²) in [5, 5.41) is 3.60. The molecule has 0 unspecified atom stereocenters. The van der Waals surface area contributed by atoms with Crippen molar-refractivity contribution in [3.05, 3.63) is 54.9 Å². The summed E-state index contributed by atoms with van der Waals surface area (Å²) < 4.78 is 0.712. The SMILES string of the molecule is Cc1c(N)cc(Br)cc1C(=O)Nc1c(Cl)cc(Cl)cc1Cl. The highest BCUT2D eigenvalue weighted by atomic mass is 79.9. The quantitative estimate of drug-likeness (QED) is 0.640. The molecule has 0 bridgehead atoms. The molecule has 0 radical (unpaired) electrons. The Kier molecular flexibility index (Phi) is 5.04. The molecule has 2 aromatic carbocycles. The highest BCUT2D eigenvalue weighted by molar-refractivity contribution is 9.10. The van der Waals surface area contributed by atoms with Gasteiger partial charge in [-0.15, -0.1) is 0 Å². The number of hydrogen-bond acceptors (Lipinski definition) is 2. The van der Waals surface area contributed by atoms with Gasteiger partial charge in [0.1, 0.15) is 0 Å². The van der Waals surface area contributed by atoms with Crippen molar-refractivity contribution in [2.75, 3.05) is 11.1 Å². The normalized spacial score (nSPS) is 10.5. The molecule has 1 amide bonds. The van der Waals surface area contributed by atoms with Gasteiger partial charge < -0.3 is 11.1 Å². The van der Waals surface area contributed by atoms with Gasteiger partial charge in [0, 0.05) is 20.7 Å². The van der Waals surface area contributed by atoms with E-state index in [1.54, 1.807) is 19.1 Å². The molecular formula is C14H10BrCl3N2O. The fourth-order valence-corrected chi connectivity index (χ4v) is 3.17. The van der Waals surface area contributed by atoms with Crippen LogP contribution < -0.4 is 11.1 Å². The van der Waals surface area contributed by atoms with Crippen LogP contribution in [0, 0.1) is 6.92 Å². The van der Waals surface area contributed by atoms with Gasteiger partial charge in [-0.2, -0.15) is 0 Å². The smallest absolute Gasteiger partial charge is 0.256 e. The summed E-state index contributed by atoms with van der Waals surface area (Å²) in [7, 11) is 0. The number of hydrogen-bond donors (Lipinski definition) is 2. The number of benzene rings is 2. The zero-order chi connectivity index (χ0) is 15.7. The molecule has 0 fully saturated rings. The molecule has 0 aliphatic heterocycles. The van der Waals surface area contributed by atoms with E-state index in [2.05, 4.69) is 21.2 Å². The zero-order valence-corrected chi connectivity index (χ0v) is 14.7. The van der Waals surface area contributed by atoms with E-state index in [0.29, 0.717) is 32.0 Å². The minimum absolute atomic E-state index is 0.265. The lowest BCUT2D eigenvalue weighted by atomic mass is 10.1. The predicted octanol–water partition coefficient (Wildman–Crippen LogP) is 5.55. The minimum atomic E-state index is -0.355. The highest BCUT2D eigenvalue weighted by Gasteiger charge is 2.16. The Labute approximate surface area is 145 Å². The van der Waals surface area contributed by atoms with Crippen LogP contribution in [0.3, 0.4) is 0 Å². The largest absolute Gasteiger partial charge is 0.398 e. The first-order valence-corrected chi connectivity index (χ1v) is 7.74. The molecule has 0 aliphatic rings. The summed E-state index contributed by atoms with van der Waals surface area (Å²) >= 11 is 21.3. The molecule has 21 heavy (non-hydrogen) atoms. The van der Waals surface area contributed by atoms with Crippen molar-refractivity contribution in [3.8, 4) is 0 Å². The fourth-order valence-electron chi connectivity index (χ4n) is 1.78. The minimum Gasteiger partial charge on any atom is -0.398 e. The molecule has 0 atom stereocenters. The summed E-state index contributed by atoms with van der Waals surface area (Å²) in [6, 6.07) is 6.42. The van der Waals surface area contributed by atoms with Crippen LogP contribution in [-0.4, -0.2) is 5.91 Å². The van der Waals surface area contributed by atoms with Crippen LogP contribution in [0.2, 0.25) is 15.1 Å². The lowest BCUT2D eigenvalue weighted by Gasteiger charge is -2.13. The molecule has 2 aromatic rings. The van der Waals surface area contributed by atoms with Gasteiger partial charge in [0.05, 0.1) is 15.7 Å². The average Bonchev–Trinajstić information content (AvgIpc) is 2.37. The van der Waals surface area contributed by atoms with Gasteiger partial charge >= 0.3 is 0 Å². The van der Waals surface area contributed by atoms with E-state index in [9.17, 15) is 4.79 Å². The van der Waals surface area contributed by atoms with Crippen LogP contribution in [0.4, 0.5) is 11.4 Å². The average molecular weight is 409 g/mol. The summed E-state index contributed by atoms with van der Waals surface area (Å²) in [4.78, 5) is 12.4. The van der Waals surface area contributed by atoms with Gasteiger partial charge in [0.2, 0.25) is 0 Å². The maximum Gasteiger partial charge on any atom is 0.256 e. The first kappa shape index (κ1) is 16.4. The van der Waals surface area contributed by atoms with Crippen molar-refractivity contribution in [2.24, 2.45) is 0 Å². The molecular weight excluding hydrogens is 398 g/mol. The number of anilines is 2. The highest BCUT2D eigenvalue weighted by Crippen LogP contribution is 2.34. The maximum absolute atomic E-state index is 12.4. The second-order valence-corrected chi connectivity index (χ2v) is 6.53. The molecule has 110 valence electrons. The van der Waals surface area contributed by atoms with Crippen LogP contribution >= 0.6 is 50.7 Å².